The molecule has 2 aliphatic rings. The molecule has 33 heavy (non-hydrogen) atoms. The van der Waals surface area contributed by atoms with Gasteiger partial charge in [-0.15, -0.1) is 5.10 Å². The summed E-state index contributed by atoms with van der Waals surface area (Å²) < 4.78 is 12.5. The Labute approximate surface area is 193 Å². The lowest BCUT2D eigenvalue weighted by Gasteiger charge is -2.34. The Balaban J connectivity index is 1.87. The van der Waals surface area contributed by atoms with E-state index in [0.29, 0.717) is 18.7 Å². The fourth-order valence-corrected chi connectivity index (χ4v) is 4.66. The van der Waals surface area contributed by atoms with Crippen molar-refractivity contribution in [2.45, 2.75) is 77.2 Å². The first kappa shape index (κ1) is 25.1. The Morgan fingerprint density at radius 3 is 2.70 bits per heavy atom. The Morgan fingerprint density at radius 1 is 1.39 bits per heavy atom. The summed E-state index contributed by atoms with van der Waals surface area (Å²) in [7, 11) is 1.51. The van der Waals surface area contributed by atoms with Gasteiger partial charge in [-0.05, 0) is 25.2 Å². The molecule has 2 fully saturated rings. The molecule has 184 valence electrons. The molecule has 1 aromatic rings. The minimum Gasteiger partial charge on any atom is -0.464 e. The first-order valence-electron chi connectivity index (χ1n) is 11.4. The van der Waals surface area contributed by atoms with Crippen molar-refractivity contribution in [3.05, 3.63) is 11.9 Å². The lowest BCUT2D eigenvalue weighted by atomic mass is 9.85. The topological polar surface area (TPSA) is 136 Å². The Bertz CT molecular complexity index is 873. The summed E-state index contributed by atoms with van der Waals surface area (Å²) in [6, 6.07) is -1.51. The molecular weight excluding hydrogens is 430 g/mol. The second kappa shape index (κ2) is 9.76. The van der Waals surface area contributed by atoms with Crippen LogP contribution in [0.1, 0.15) is 58.7 Å². The number of aliphatic hydroxyl groups is 1. The molecule has 2 saturated heterocycles. The minimum atomic E-state index is -1.10. The van der Waals surface area contributed by atoms with Gasteiger partial charge in [0.2, 0.25) is 11.8 Å². The molecule has 0 radical (unpaired) electrons. The van der Waals surface area contributed by atoms with Crippen LogP contribution in [0.2, 0.25) is 0 Å². The monoisotopic (exact) mass is 465 g/mol. The van der Waals surface area contributed by atoms with Gasteiger partial charge in [-0.25, -0.2) is 9.48 Å². The first-order valence-corrected chi connectivity index (χ1v) is 11.4. The van der Waals surface area contributed by atoms with Gasteiger partial charge < -0.3 is 24.8 Å². The summed E-state index contributed by atoms with van der Waals surface area (Å²) in [6.07, 6.45) is 2.53. The van der Waals surface area contributed by atoms with E-state index in [1.54, 1.807) is 13.1 Å². The summed E-state index contributed by atoms with van der Waals surface area (Å²) in [4.78, 5) is 40.0. The third-order valence-electron chi connectivity index (χ3n) is 6.21. The van der Waals surface area contributed by atoms with Gasteiger partial charge in [0.05, 0.1) is 18.4 Å². The lowest BCUT2D eigenvalue weighted by molar-refractivity contribution is -0.166. The van der Waals surface area contributed by atoms with Crippen molar-refractivity contribution in [3.8, 4) is 0 Å². The van der Waals surface area contributed by atoms with E-state index in [9.17, 15) is 19.5 Å². The largest absolute Gasteiger partial charge is 0.464 e. The summed E-state index contributed by atoms with van der Waals surface area (Å²) in [6.45, 7) is 8.25. The van der Waals surface area contributed by atoms with Crippen molar-refractivity contribution in [2.75, 3.05) is 26.8 Å². The molecule has 3 heterocycles. The fraction of sp³-hybridized carbons (Fsp3) is 0.773. The summed E-state index contributed by atoms with van der Waals surface area (Å²) >= 11 is 0. The van der Waals surface area contributed by atoms with E-state index in [0.717, 1.165) is 6.42 Å². The zero-order chi connectivity index (χ0) is 24.4. The number of amides is 2. The smallest absolute Gasteiger partial charge is 0.338 e. The zero-order valence-corrected chi connectivity index (χ0v) is 20.0. The molecule has 2 N–H and O–H groups in total. The van der Waals surface area contributed by atoms with E-state index < -0.39 is 35.2 Å². The third kappa shape index (κ3) is 5.19. The highest BCUT2D eigenvalue weighted by molar-refractivity contribution is 5.90. The van der Waals surface area contributed by atoms with Crippen molar-refractivity contribution in [1.82, 2.24) is 25.2 Å². The number of likely N-dealkylation sites (tertiary alicyclic amines) is 1. The van der Waals surface area contributed by atoms with Gasteiger partial charge in [0.1, 0.15) is 12.1 Å². The van der Waals surface area contributed by atoms with Gasteiger partial charge in [0.15, 0.2) is 5.60 Å². The van der Waals surface area contributed by atoms with E-state index in [1.165, 1.54) is 16.6 Å². The number of rotatable bonds is 7. The Morgan fingerprint density at radius 2 is 2.12 bits per heavy atom. The number of esters is 1. The van der Waals surface area contributed by atoms with Gasteiger partial charge in [0, 0.05) is 39.2 Å². The van der Waals surface area contributed by atoms with Gasteiger partial charge in [-0.2, -0.15) is 0 Å². The summed E-state index contributed by atoms with van der Waals surface area (Å²) in [5.74, 6) is -1.05. The number of β-amino-alcohol motifs (C(OH)–C–C–N with tert-alkyl or cyclic N) is 1. The van der Waals surface area contributed by atoms with Crippen molar-refractivity contribution in [3.63, 3.8) is 0 Å². The fourth-order valence-electron chi connectivity index (χ4n) is 4.66. The molecule has 0 bridgehead atoms. The van der Waals surface area contributed by atoms with Crippen molar-refractivity contribution >= 4 is 17.8 Å². The average Bonchev–Trinajstić information content (AvgIpc) is 3.48. The summed E-state index contributed by atoms with van der Waals surface area (Å²) in [5.41, 5.74) is -1.15. The first-order chi connectivity index (χ1) is 15.5. The predicted octanol–water partition coefficient (Wildman–Crippen LogP) is 0.228. The van der Waals surface area contributed by atoms with Crippen LogP contribution in [-0.2, 0) is 30.3 Å². The van der Waals surface area contributed by atoms with E-state index in [2.05, 4.69) is 15.6 Å². The molecule has 1 aromatic heterocycles. The van der Waals surface area contributed by atoms with Gasteiger partial charge >= 0.3 is 5.97 Å². The van der Waals surface area contributed by atoms with E-state index in [-0.39, 0.29) is 37.8 Å². The second-order valence-corrected chi connectivity index (χ2v) is 9.81. The highest BCUT2D eigenvalue weighted by atomic mass is 16.6. The number of aliphatic hydroxyl groups excluding tert-OH is 1. The standard InChI is InChI=1S/C22H35N5O6/c1-6-32-20(31)22(8-7-9-33-22)11-14-12-27(25-24-14)17(21(2,3)4)19(30)26-13-15(28)10-16(26)18(29)23-5/h12,15-17,28H,6-11,13H2,1-5H3,(H,23,29). The highest BCUT2D eigenvalue weighted by Crippen LogP contribution is 2.35. The van der Waals surface area contributed by atoms with Crippen LogP contribution < -0.4 is 5.32 Å². The number of nitrogens with one attached hydrogen (secondary N) is 1. The predicted molar refractivity (Wildman–Crippen MR) is 117 cm³/mol. The number of carbonyl (C=O) groups excluding carboxylic acids is 3. The van der Waals surface area contributed by atoms with Crippen LogP contribution in [0.4, 0.5) is 0 Å². The maximum absolute atomic E-state index is 13.6. The molecule has 0 saturated carbocycles. The molecule has 4 atom stereocenters. The Hall–Kier alpha value is -2.53. The van der Waals surface area contributed by atoms with Crippen LogP contribution in [0, 0.1) is 5.41 Å². The molecule has 2 aliphatic heterocycles. The van der Waals surface area contributed by atoms with Gasteiger partial charge in [0.25, 0.3) is 0 Å². The second-order valence-electron chi connectivity index (χ2n) is 9.81. The van der Waals surface area contributed by atoms with Gasteiger partial charge in [-0.3, -0.25) is 9.59 Å². The quantitative estimate of drug-likeness (QED) is 0.546. The minimum absolute atomic E-state index is 0.0743. The van der Waals surface area contributed by atoms with Crippen LogP contribution in [0.15, 0.2) is 6.20 Å². The molecule has 11 heteroatoms. The summed E-state index contributed by atoms with van der Waals surface area (Å²) in [5, 5.41) is 21.1. The van der Waals surface area contributed by atoms with E-state index >= 15 is 0 Å². The van der Waals surface area contributed by atoms with Crippen LogP contribution in [0.5, 0.6) is 0 Å². The normalized spacial score (nSPS) is 26.3. The van der Waals surface area contributed by atoms with E-state index in [1.807, 2.05) is 20.8 Å². The zero-order valence-electron chi connectivity index (χ0n) is 20.0. The number of carbonyl (C=O) groups is 3. The molecule has 0 aliphatic carbocycles. The lowest BCUT2D eigenvalue weighted by Crippen LogP contribution is -2.49. The molecule has 0 aromatic carbocycles. The number of hydrogen-bond donors (Lipinski definition) is 2. The SMILES string of the molecule is CCOC(=O)C1(Cc2cn(C(C(=O)N3CC(O)CC3C(=O)NC)C(C)(C)C)nn2)CCCO1. The maximum Gasteiger partial charge on any atom is 0.338 e. The van der Waals surface area contributed by atoms with Crippen molar-refractivity contribution < 1.29 is 29.0 Å². The number of aromatic nitrogens is 3. The molecule has 0 spiro atoms. The van der Waals surface area contributed by atoms with Crippen LogP contribution in [0.25, 0.3) is 0 Å². The van der Waals surface area contributed by atoms with Crippen LogP contribution in [-0.4, -0.2) is 87.3 Å². The average molecular weight is 466 g/mol. The highest BCUT2D eigenvalue weighted by Gasteiger charge is 2.47. The number of hydrogen-bond acceptors (Lipinski definition) is 8. The molecule has 3 rings (SSSR count). The molecule has 2 amide bonds. The number of likely N-dealkylation sites (N-methyl/N-ethyl adjacent to an activating group) is 1. The third-order valence-corrected chi connectivity index (χ3v) is 6.21. The number of nitrogens with zero attached hydrogens (tertiary/aromatic N) is 4. The van der Waals surface area contributed by atoms with E-state index in [4.69, 9.17) is 9.47 Å². The number of ether oxygens (including phenoxy) is 2. The molecule has 11 nitrogen and oxygen atoms in total. The maximum atomic E-state index is 13.6. The van der Waals surface area contributed by atoms with Crippen molar-refractivity contribution in [1.29, 1.82) is 0 Å². The van der Waals surface area contributed by atoms with Gasteiger partial charge in [-0.1, -0.05) is 26.0 Å². The van der Waals surface area contributed by atoms with Crippen LogP contribution >= 0.6 is 0 Å². The van der Waals surface area contributed by atoms with Crippen molar-refractivity contribution in [2.24, 2.45) is 5.41 Å². The Kier molecular flexibility index (Phi) is 7.42. The molecule has 4 unspecified atom stereocenters. The van der Waals surface area contributed by atoms with Crippen LogP contribution in [0.3, 0.4) is 0 Å². The molecular formula is C22H35N5O6.